The Morgan fingerprint density at radius 2 is 1.94 bits per heavy atom. The smallest absolute Gasteiger partial charge is 0.256 e. The molecule has 1 aliphatic rings. The van der Waals surface area contributed by atoms with Crippen LogP contribution in [-0.2, 0) is 29.3 Å². The molecule has 0 saturated heterocycles. The molecule has 1 aliphatic heterocycles. The van der Waals surface area contributed by atoms with Crippen LogP contribution in [0.2, 0.25) is 0 Å². The van der Waals surface area contributed by atoms with E-state index in [0.29, 0.717) is 37.3 Å². The molecule has 0 amide bonds. The molecule has 0 fully saturated rings. The highest BCUT2D eigenvalue weighted by molar-refractivity contribution is 7.99. The number of rotatable bonds is 6. The first kappa shape index (κ1) is 21.7. The summed E-state index contributed by atoms with van der Waals surface area (Å²) in [5.41, 5.74) is 3.79. The molecule has 31 heavy (non-hydrogen) atoms. The van der Waals surface area contributed by atoms with Crippen molar-refractivity contribution in [3.63, 3.8) is 0 Å². The average Bonchev–Trinajstić information content (AvgIpc) is 2.75. The van der Waals surface area contributed by atoms with Crippen molar-refractivity contribution in [3.05, 3.63) is 69.8 Å². The second-order valence-corrected chi connectivity index (χ2v) is 10.8. The summed E-state index contributed by atoms with van der Waals surface area (Å²) in [5.74, 6) is 1.05. The second kappa shape index (κ2) is 8.94. The predicted molar refractivity (Wildman–Crippen MR) is 122 cm³/mol. The van der Waals surface area contributed by atoms with Gasteiger partial charge in [0.2, 0.25) is 15.0 Å². The number of thioether (sulfide) groups is 1. The number of aromatic amines is 1. The fraction of sp³-hybridized carbons (Fsp3) is 0.318. The number of fused-ring (bicyclic) bond motifs is 1. The molecule has 0 atom stereocenters. The Labute approximate surface area is 185 Å². The number of hydrogen-bond acceptors (Lipinski definition) is 7. The molecule has 2 aromatic heterocycles. The first-order chi connectivity index (χ1) is 14.8. The molecular formula is C22H24N4O3S2. The van der Waals surface area contributed by atoms with Crippen molar-refractivity contribution in [1.82, 2.24) is 19.9 Å². The van der Waals surface area contributed by atoms with Crippen molar-refractivity contribution in [2.45, 2.75) is 36.5 Å². The van der Waals surface area contributed by atoms with Gasteiger partial charge in [-0.05, 0) is 29.5 Å². The van der Waals surface area contributed by atoms with Gasteiger partial charge in [0.15, 0.2) is 0 Å². The Morgan fingerprint density at radius 3 is 2.58 bits per heavy atom. The zero-order valence-corrected chi connectivity index (χ0v) is 19.1. The van der Waals surface area contributed by atoms with E-state index in [2.05, 4.69) is 57.1 Å². The Hall–Kier alpha value is -2.49. The number of benzene rings is 1. The van der Waals surface area contributed by atoms with E-state index in [9.17, 15) is 13.2 Å². The predicted octanol–water partition coefficient (Wildman–Crippen LogP) is 2.91. The largest absolute Gasteiger partial charge is 0.297 e. The summed E-state index contributed by atoms with van der Waals surface area (Å²) in [6, 6.07) is 12.5. The van der Waals surface area contributed by atoms with Crippen molar-refractivity contribution < 1.29 is 8.42 Å². The summed E-state index contributed by atoms with van der Waals surface area (Å²) in [7, 11) is -3.54. The number of nitrogens with one attached hydrogen (secondary N) is 1. The van der Waals surface area contributed by atoms with Crippen LogP contribution in [0.3, 0.4) is 0 Å². The second-order valence-electron chi connectivity index (χ2n) is 7.54. The van der Waals surface area contributed by atoms with Crippen LogP contribution < -0.4 is 5.56 Å². The molecule has 4 rings (SSSR count). The van der Waals surface area contributed by atoms with Gasteiger partial charge in [-0.2, -0.15) is 0 Å². The molecule has 0 bridgehead atoms. The van der Waals surface area contributed by atoms with Gasteiger partial charge in [0.25, 0.3) is 5.56 Å². The van der Waals surface area contributed by atoms with E-state index >= 15 is 0 Å². The summed E-state index contributed by atoms with van der Waals surface area (Å²) in [4.78, 5) is 27.0. The molecule has 0 unspecified atom stereocenters. The maximum atomic E-state index is 12.4. The van der Waals surface area contributed by atoms with Gasteiger partial charge in [0, 0.05) is 49.0 Å². The van der Waals surface area contributed by atoms with E-state index < -0.39 is 9.84 Å². The number of nitrogens with zero attached hydrogens (tertiary/aromatic N) is 3. The van der Waals surface area contributed by atoms with Gasteiger partial charge in [-0.1, -0.05) is 25.1 Å². The maximum Gasteiger partial charge on any atom is 0.256 e. The van der Waals surface area contributed by atoms with Crippen molar-refractivity contribution in [2.24, 2.45) is 0 Å². The molecule has 0 saturated carbocycles. The van der Waals surface area contributed by atoms with E-state index in [0.717, 1.165) is 28.8 Å². The molecule has 3 aromatic rings. The third-order valence-corrected chi connectivity index (χ3v) is 6.96. The van der Waals surface area contributed by atoms with E-state index in [1.54, 1.807) is 0 Å². The molecule has 1 N–H and O–H groups in total. The minimum atomic E-state index is -3.54. The molecule has 3 heterocycles. The molecule has 0 spiro atoms. The number of hydrogen-bond donors (Lipinski definition) is 1. The van der Waals surface area contributed by atoms with Crippen molar-refractivity contribution in [2.75, 3.05) is 18.6 Å². The Kier molecular flexibility index (Phi) is 6.27. The number of aromatic nitrogens is 3. The van der Waals surface area contributed by atoms with E-state index in [1.807, 2.05) is 24.0 Å². The zero-order chi connectivity index (χ0) is 22.0. The molecule has 1 aromatic carbocycles. The highest BCUT2D eigenvalue weighted by Crippen LogP contribution is 2.23. The SMILES string of the molecule is CCSc1ccc(-c2ccc(CN3CCc4nc(S(C)(=O)=O)[nH]c(=O)c4C3)cn2)cc1. The van der Waals surface area contributed by atoms with E-state index in [-0.39, 0.29) is 10.7 Å². The molecule has 0 radical (unpaired) electrons. The highest BCUT2D eigenvalue weighted by Gasteiger charge is 2.23. The van der Waals surface area contributed by atoms with Crippen LogP contribution in [0.1, 0.15) is 23.7 Å². The zero-order valence-electron chi connectivity index (χ0n) is 17.5. The number of sulfone groups is 1. The summed E-state index contributed by atoms with van der Waals surface area (Å²) < 4.78 is 23.4. The normalized spacial score (nSPS) is 14.4. The van der Waals surface area contributed by atoms with Crippen LogP contribution in [0.25, 0.3) is 11.3 Å². The lowest BCUT2D eigenvalue weighted by atomic mass is 10.1. The van der Waals surface area contributed by atoms with Gasteiger partial charge >= 0.3 is 0 Å². The molecule has 9 heteroatoms. The first-order valence-corrected chi connectivity index (χ1v) is 12.9. The standard InChI is InChI=1S/C22H24N4O3S2/c1-3-30-17-7-5-16(6-8-17)19-9-4-15(12-23-19)13-26-11-10-20-18(14-26)21(27)25-22(24-20)31(2,28)29/h4-9,12H,3,10-11,13-14H2,1-2H3,(H,24,25,27). The summed E-state index contributed by atoms with van der Waals surface area (Å²) in [6.07, 6.45) is 3.45. The Balaban J connectivity index is 1.45. The summed E-state index contributed by atoms with van der Waals surface area (Å²) >= 11 is 1.81. The van der Waals surface area contributed by atoms with Crippen LogP contribution in [0.15, 0.2) is 57.4 Å². The van der Waals surface area contributed by atoms with Gasteiger partial charge in [0.1, 0.15) is 0 Å². The van der Waals surface area contributed by atoms with Gasteiger partial charge < -0.3 is 0 Å². The molecule has 0 aliphatic carbocycles. The molecule has 162 valence electrons. The van der Waals surface area contributed by atoms with E-state index in [4.69, 9.17) is 0 Å². The first-order valence-electron chi connectivity index (χ1n) is 10.1. The van der Waals surface area contributed by atoms with Crippen molar-refractivity contribution >= 4 is 21.6 Å². The molecule has 7 nitrogen and oxygen atoms in total. The van der Waals surface area contributed by atoms with Crippen LogP contribution in [0.4, 0.5) is 0 Å². The number of pyridine rings is 1. The fourth-order valence-electron chi connectivity index (χ4n) is 3.60. The molecular weight excluding hydrogens is 432 g/mol. The lowest BCUT2D eigenvalue weighted by Gasteiger charge is -2.27. The monoisotopic (exact) mass is 456 g/mol. The lowest BCUT2D eigenvalue weighted by molar-refractivity contribution is 0.240. The lowest BCUT2D eigenvalue weighted by Crippen LogP contribution is -2.36. The summed E-state index contributed by atoms with van der Waals surface area (Å²) in [6.45, 7) is 3.93. The Morgan fingerprint density at radius 1 is 1.16 bits per heavy atom. The quantitative estimate of drug-likeness (QED) is 0.450. The third kappa shape index (κ3) is 5.06. The highest BCUT2D eigenvalue weighted by atomic mass is 32.2. The van der Waals surface area contributed by atoms with Gasteiger partial charge in [-0.3, -0.25) is 19.7 Å². The summed E-state index contributed by atoms with van der Waals surface area (Å²) in [5, 5.41) is -0.259. The fourth-order valence-corrected chi connectivity index (χ4v) is 4.82. The maximum absolute atomic E-state index is 12.4. The minimum Gasteiger partial charge on any atom is -0.297 e. The minimum absolute atomic E-state index is 0.259. The van der Waals surface area contributed by atoms with Crippen molar-refractivity contribution in [3.8, 4) is 11.3 Å². The van der Waals surface area contributed by atoms with Crippen molar-refractivity contribution in [1.29, 1.82) is 0 Å². The van der Waals surface area contributed by atoms with Crippen LogP contribution in [0, 0.1) is 0 Å². The van der Waals surface area contributed by atoms with Crippen LogP contribution >= 0.6 is 11.8 Å². The van der Waals surface area contributed by atoms with Gasteiger partial charge in [-0.15, -0.1) is 11.8 Å². The van der Waals surface area contributed by atoms with E-state index in [1.165, 1.54) is 4.90 Å². The average molecular weight is 457 g/mol. The topological polar surface area (TPSA) is 96.0 Å². The third-order valence-electron chi connectivity index (χ3n) is 5.17. The van der Waals surface area contributed by atoms with Crippen LogP contribution in [-0.4, -0.2) is 46.8 Å². The number of H-pyrrole nitrogens is 1. The Bertz CT molecular complexity index is 1240. The van der Waals surface area contributed by atoms with Gasteiger partial charge in [0.05, 0.1) is 17.0 Å². The van der Waals surface area contributed by atoms with Crippen LogP contribution in [0.5, 0.6) is 0 Å². The van der Waals surface area contributed by atoms with Gasteiger partial charge in [-0.25, -0.2) is 13.4 Å².